The van der Waals surface area contributed by atoms with Gasteiger partial charge in [0.25, 0.3) is 5.91 Å². The van der Waals surface area contributed by atoms with Crippen molar-refractivity contribution in [2.24, 2.45) is 10.1 Å². The Labute approximate surface area is 233 Å². The van der Waals surface area contributed by atoms with Gasteiger partial charge in [0.1, 0.15) is 11.9 Å². The average molecular weight is 552 g/mol. The van der Waals surface area contributed by atoms with Gasteiger partial charge in [-0.15, -0.1) is 0 Å². The molecule has 2 aromatic carbocycles. The number of aliphatic hydroxyl groups excluding tert-OH is 1. The van der Waals surface area contributed by atoms with Crippen LogP contribution >= 0.6 is 0 Å². The standard InChI is InChI=1S/C28H37N7O5/c1-21-28(19-23-5-2-3-6-24(23)20-31-34-29,27(37)33-30-11-12-35-13-17-38-18-14-35)32-26(40-21)22-7-9-25(10-8-22)39-16-4-15-36/h2-3,5-10,21,30,36H,4,11-20H2,1H3,(H,33,37)/t21-,28-/m0/s1. The van der Waals surface area contributed by atoms with Crippen molar-refractivity contribution in [3.63, 3.8) is 0 Å². The van der Waals surface area contributed by atoms with Crippen molar-refractivity contribution in [2.75, 3.05) is 52.6 Å². The average Bonchev–Trinajstić information content (AvgIpc) is 3.32. The zero-order chi connectivity index (χ0) is 28.2. The van der Waals surface area contributed by atoms with Crippen molar-refractivity contribution in [1.82, 2.24) is 15.8 Å². The van der Waals surface area contributed by atoms with Crippen LogP contribution in [0.3, 0.4) is 0 Å². The first kappa shape index (κ1) is 29.3. The van der Waals surface area contributed by atoms with Gasteiger partial charge in [-0.2, -0.15) is 0 Å². The molecule has 0 unspecified atom stereocenters. The maximum absolute atomic E-state index is 13.8. The maximum atomic E-state index is 13.8. The number of aliphatic imine (C=N–C) groups is 1. The van der Waals surface area contributed by atoms with E-state index in [2.05, 4.69) is 25.8 Å². The number of hydrogen-bond acceptors (Lipinski definition) is 9. The Balaban J connectivity index is 1.55. The second-order valence-electron chi connectivity index (χ2n) is 9.72. The fourth-order valence-corrected chi connectivity index (χ4v) is 4.72. The van der Waals surface area contributed by atoms with Crippen LogP contribution in [-0.4, -0.2) is 86.1 Å². The molecule has 0 spiro atoms. The number of ether oxygens (including phenoxy) is 3. The van der Waals surface area contributed by atoms with E-state index in [9.17, 15) is 4.79 Å². The van der Waals surface area contributed by atoms with Crippen molar-refractivity contribution in [2.45, 2.75) is 38.0 Å². The lowest BCUT2D eigenvalue weighted by molar-refractivity contribution is -0.129. The van der Waals surface area contributed by atoms with E-state index >= 15 is 0 Å². The van der Waals surface area contributed by atoms with Gasteiger partial charge in [0.2, 0.25) is 5.90 Å². The summed E-state index contributed by atoms with van der Waals surface area (Å²) in [5.74, 6) is 0.731. The van der Waals surface area contributed by atoms with Crippen molar-refractivity contribution in [1.29, 1.82) is 0 Å². The Bertz CT molecular complexity index is 1200. The summed E-state index contributed by atoms with van der Waals surface area (Å²) in [6, 6.07) is 14.9. The molecule has 2 aliphatic rings. The summed E-state index contributed by atoms with van der Waals surface area (Å²) < 4.78 is 17.2. The molecule has 214 valence electrons. The van der Waals surface area contributed by atoms with Gasteiger partial charge in [0.05, 0.1) is 26.4 Å². The number of benzene rings is 2. The van der Waals surface area contributed by atoms with Crippen molar-refractivity contribution in [3.05, 3.63) is 75.7 Å². The van der Waals surface area contributed by atoms with Gasteiger partial charge in [0, 0.05) is 56.1 Å². The molecule has 2 aromatic rings. The minimum atomic E-state index is -1.26. The van der Waals surface area contributed by atoms with Crippen LogP contribution in [-0.2, 0) is 27.2 Å². The topological polar surface area (TPSA) is 153 Å². The third-order valence-electron chi connectivity index (χ3n) is 7.07. The van der Waals surface area contributed by atoms with Crippen molar-refractivity contribution < 1.29 is 24.1 Å². The van der Waals surface area contributed by atoms with E-state index in [1.165, 1.54) is 0 Å². The van der Waals surface area contributed by atoms with Gasteiger partial charge in [-0.05, 0) is 47.8 Å². The number of hydrazine groups is 1. The highest BCUT2D eigenvalue weighted by atomic mass is 16.5. The van der Waals surface area contributed by atoms with Crippen LogP contribution in [0.25, 0.3) is 10.4 Å². The van der Waals surface area contributed by atoms with Crippen LogP contribution in [0.1, 0.15) is 30.0 Å². The summed E-state index contributed by atoms with van der Waals surface area (Å²) >= 11 is 0. The molecule has 0 aromatic heterocycles. The van der Waals surface area contributed by atoms with Gasteiger partial charge in [0.15, 0.2) is 5.54 Å². The molecule has 0 aliphatic carbocycles. The number of hydrogen-bond donors (Lipinski definition) is 3. The van der Waals surface area contributed by atoms with Crippen LogP contribution in [0.2, 0.25) is 0 Å². The van der Waals surface area contributed by atoms with Crippen LogP contribution in [0.15, 0.2) is 58.6 Å². The molecular formula is C28H37N7O5. The number of rotatable bonds is 14. The number of nitrogens with one attached hydrogen (secondary N) is 2. The normalized spacial score (nSPS) is 20.8. The Morgan fingerprint density at radius 1 is 1.23 bits per heavy atom. The molecule has 4 rings (SSSR count). The third-order valence-corrected chi connectivity index (χ3v) is 7.07. The highest BCUT2D eigenvalue weighted by Crippen LogP contribution is 2.33. The largest absolute Gasteiger partial charge is 0.494 e. The molecule has 1 amide bonds. The monoisotopic (exact) mass is 551 g/mol. The first-order chi connectivity index (χ1) is 19.6. The molecule has 0 radical (unpaired) electrons. The minimum Gasteiger partial charge on any atom is -0.494 e. The van der Waals surface area contributed by atoms with E-state index in [0.29, 0.717) is 44.4 Å². The van der Waals surface area contributed by atoms with Gasteiger partial charge >= 0.3 is 0 Å². The zero-order valence-corrected chi connectivity index (χ0v) is 22.8. The lowest BCUT2D eigenvalue weighted by atomic mass is 9.84. The summed E-state index contributed by atoms with van der Waals surface area (Å²) in [6.07, 6.45) is 0.235. The quantitative estimate of drug-likeness (QED) is 0.107. The predicted octanol–water partition coefficient (Wildman–Crippen LogP) is 2.36. The molecule has 0 saturated carbocycles. The molecule has 1 fully saturated rings. The van der Waals surface area contributed by atoms with E-state index in [-0.39, 0.29) is 25.5 Å². The molecule has 40 heavy (non-hydrogen) atoms. The van der Waals surface area contributed by atoms with E-state index in [1.807, 2.05) is 55.5 Å². The number of amides is 1. The first-order valence-electron chi connectivity index (χ1n) is 13.6. The van der Waals surface area contributed by atoms with Gasteiger partial charge in [-0.3, -0.25) is 15.1 Å². The lowest BCUT2D eigenvalue weighted by Gasteiger charge is -2.30. The highest BCUT2D eigenvalue weighted by Gasteiger charge is 2.50. The van der Waals surface area contributed by atoms with Gasteiger partial charge in [-0.1, -0.05) is 29.4 Å². The zero-order valence-electron chi connectivity index (χ0n) is 22.8. The SMILES string of the molecule is C[C@@H]1OC(c2ccc(OCCCO)cc2)=N[C@]1(Cc1ccccc1CN=[N+]=[N-])C(=O)NNCCN1CCOCC1. The van der Waals surface area contributed by atoms with E-state index in [0.717, 1.165) is 36.3 Å². The lowest BCUT2D eigenvalue weighted by Crippen LogP contribution is -2.57. The van der Waals surface area contributed by atoms with E-state index in [1.54, 1.807) is 0 Å². The van der Waals surface area contributed by atoms with Crippen LogP contribution in [0.5, 0.6) is 5.75 Å². The first-order valence-corrected chi connectivity index (χ1v) is 13.6. The molecule has 12 heteroatoms. The maximum Gasteiger partial charge on any atom is 0.266 e. The molecule has 12 nitrogen and oxygen atoms in total. The Morgan fingerprint density at radius 3 is 2.70 bits per heavy atom. The number of aliphatic hydroxyl groups is 1. The second kappa shape index (κ2) is 14.6. The number of carbonyl (C=O) groups is 1. The predicted molar refractivity (Wildman–Crippen MR) is 150 cm³/mol. The molecule has 0 bridgehead atoms. The number of azide groups is 1. The number of nitrogens with zero attached hydrogens (tertiary/aromatic N) is 5. The van der Waals surface area contributed by atoms with E-state index < -0.39 is 11.6 Å². The molecule has 2 heterocycles. The van der Waals surface area contributed by atoms with Gasteiger partial charge < -0.3 is 19.3 Å². The summed E-state index contributed by atoms with van der Waals surface area (Å²) in [5.41, 5.74) is 15.9. The van der Waals surface area contributed by atoms with Crippen LogP contribution in [0, 0.1) is 0 Å². The fourth-order valence-electron chi connectivity index (χ4n) is 4.72. The van der Waals surface area contributed by atoms with E-state index in [4.69, 9.17) is 29.8 Å². The number of morpholine rings is 1. The van der Waals surface area contributed by atoms with Crippen LogP contribution in [0.4, 0.5) is 0 Å². The van der Waals surface area contributed by atoms with Crippen molar-refractivity contribution >= 4 is 11.8 Å². The molecule has 2 aliphatic heterocycles. The van der Waals surface area contributed by atoms with Gasteiger partial charge in [-0.25, -0.2) is 10.4 Å². The molecule has 1 saturated heterocycles. The molecule has 2 atom stereocenters. The molecule has 3 N–H and O–H groups in total. The Hall–Kier alpha value is -3.67. The summed E-state index contributed by atoms with van der Waals surface area (Å²) in [4.78, 5) is 23.9. The minimum absolute atomic E-state index is 0.0683. The summed E-state index contributed by atoms with van der Waals surface area (Å²) in [6.45, 7) is 7.01. The Kier molecular flexibility index (Phi) is 10.7. The summed E-state index contributed by atoms with van der Waals surface area (Å²) in [5, 5.41) is 12.7. The van der Waals surface area contributed by atoms with Crippen molar-refractivity contribution in [3.8, 4) is 5.75 Å². The third kappa shape index (κ3) is 7.50. The highest BCUT2D eigenvalue weighted by molar-refractivity contribution is 6.00. The molecular weight excluding hydrogens is 514 g/mol. The Morgan fingerprint density at radius 2 is 1.98 bits per heavy atom. The van der Waals surface area contributed by atoms with Crippen LogP contribution < -0.4 is 15.6 Å². The number of carbonyl (C=O) groups excluding carboxylic acids is 1. The summed E-state index contributed by atoms with van der Waals surface area (Å²) in [7, 11) is 0. The smallest absolute Gasteiger partial charge is 0.266 e. The fraction of sp³-hybridized carbons (Fsp3) is 0.500. The second-order valence-corrected chi connectivity index (χ2v) is 9.72.